The average molecular weight is 732 g/mol. The zero-order chi connectivity index (χ0) is 36.5. The van der Waals surface area contributed by atoms with E-state index in [1.54, 1.807) is 0 Å². The predicted octanol–water partition coefficient (Wildman–Crippen LogP) is 13.0. The van der Waals surface area contributed by atoms with E-state index in [4.69, 9.17) is 4.18 Å². The normalized spacial score (nSPS) is 35.0. The maximum absolute atomic E-state index is 12.8. The van der Waals surface area contributed by atoms with E-state index in [1.807, 2.05) is 0 Å². The van der Waals surface area contributed by atoms with Gasteiger partial charge in [0.1, 0.15) is 6.10 Å². The van der Waals surface area contributed by atoms with Gasteiger partial charge in [-0.2, -0.15) is 8.42 Å². The van der Waals surface area contributed by atoms with E-state index in [9.17, 15) is 8.42 Å². The zero-order valence-corrected chi connectivity index (χ0v) is 35.6. The van der Waals surface area contributed by atoms with Crippen LogP contribution in [0.15, 0.2) is 0 Å². The molecule has 0 aromatic rings. The minimum absolute atomic E-state index is 0.121. The predicted molar refractivity (Wildman–Crippen MR) is 217 cm³/mol. The quantitative estimate of drug-likeness (QED) is 0.0775. The van der Waals surface area contributed by atoms with E-state index >= 15 is 0 Å². The molecule has 1 saturated heterocycles. The number of fused-ring (bicyclic) bond motifs is 5. The second-order valence-corrected chi connectivity index (χ2v) is 21.9. The molecule has 0 amide bonds. The molecule has 5 heteroatoms. The molecule has 0 aromatic carbocycles. The Balaban J connectivity index is 0.955. The van der Waals surface area contributed by atoms with E-state index in [0.29, 0.717) is 16.9 Å². The second kappa shape index (κ2) is 19.6. The molecule has 1 aliphatic heterocycles. The fourth-order valence-corrected chi connectivity index (χ4v) is 14.3. The third kappa shape index (κ3) is 11.0. The molecule has 0 bridgehead atoms. The van der Waals surface area contributed by atoms with E-state index in [1.165, 1.54) is 148 Å². The Morgan fingerprint density at radius 2 is 1.25 bits per heavy atom. The van der Waals surface area contributed by atoms with Crippen molar-refractivity contribution in [2.45, 2.75) is 221 Å². The molecule has 0 spiro atoms. The summed E-state index contributed by atoms with van der Waals surface area (Å²) in [5, 5.41) is 0. The molecule has 0 N–H and O–H groups in total. The summed E-state index contributed by atoms with van der Waals surface area (Å²) < 4.78 is 31.3. The summed E-state index contributed by atoms with van der Waals surface area (Å²) in [6, 6.07) is 0.629. The van der Waals surface area contributed by atoms with Crippen LogP contribution in [0.25, 0.3) is 0 Å². The smallest absolute Gasteiger partial charge is 0.267 e. The van der Waals surface area contributed by atoms with Gasteiger partial charge in [-0.25, -0.2) is 0 Å². The van der Waals surface area contributed by atoms with Crippen LogP contribution in [0.1, 0.15) is 208 Å². The molecule has 1 heterocycles. The fraction of sp³-hybridized carbons (Fsp3) is 1.00. The van der Waals surface area contributed by atoms with Crippen molar-refractivity contribution < 1.29 is 12.6 Å². The SMILES string of the molecule is CCCCCCCCCCCCCCCCS(=O)(=O)OC1CN([C@@H]2CC[C@@]3(C)[C@@H](CC[C@@H]4[C@@H]3CC[C@]3(C)[C@@H]([C@H](C)CCCC(C)C)CC[C@@H]43)C2)C1. The molecule has 0 aromatic heterocycles. The first-order valence-electron chi connectivity index (χ1n) is 23.1. The lowest BCUT2D eigenvalue weighted by atomic mass is 9.44. The van der Waals surface area contributed by atoms with E-state index in [-0.39, 0.29) is 11.9 Å². The minimum atomic E-state index is -3.41. The Hall–Kier alpha value is -0.130. The summed E-state index contributed by atoms with van der Waals surface area (Å²) in [5.74, 6) is 6.57. The molecule has 51 heavy (non-hydrogen) atoms. The van der Waals surface area contributed by atoms with E-state index < -0.39 is 10.1 Å². The number of likely N-dealkylation sites (tertiary alicyclic amines) is 1. The summed E-state index contributed by atoms with van der Waals surface area (Å²) in [6.45, 7) is 16.7. The van der Waals surface area contributed by atoms with E-state index in [2.05, 4.69) is 46.4 Å². The monoisotopic (exact) mass is 732 g/mol. The van der Waals surface area contributed by atoms with Crippen LogP contribution in [-0.2, 0) is 14.3 Å². The van der Waals surface area contributed by atoms with Gasteiger partial charge in [-0.05, 0) is 116 Å². The van der Waals surface area contributed by atoms with Gasteiger partial charge < -0.3 is 0 Å². The first-order chi connectivity index (χ1) is 24.5. The molecule has 4 nitrogen and oxygen atoms in total. The molecule has 298 valence electrons. The van der Waals surface area contributed by atoms with Crippen LogP contribution in [-0.4, -0.2) is 44.3 Å². The summed E-state index contributed by atoms with van der Waals surface area (Å²) in [4.78, 5) is 2.58. The topological polar surface area (TPSA) is 46.6 Å². The number of nitrogens with zero attached hydrogens (tertiary/aromatic N) is 1. The summed E-state index contributed by atoms with van der Waals surface area (Å²) in [6.07, 6.45) is 34.9. The maximum Gasteiger partial charge on any atom is 0.267 e. The van der Waals surface area contributed by atoms with Gasteiger partial charge in [-0.1, -0.05) is 144 Å². The molecule has 5 fully saturated rings. The van der Waals surface area contributed by atoms with Crippen LogP contribution >= 0.6 is 0 Å². The molecular weight excluding hydrogens is 647 g/mol. The van der Waals surface area contributed by atoms with Crippen molar-refractivity contribution in [1.29, 1.82) is 0 Å². The first-order valence-corrected chi connectivity index (χ1v) is 24.7. The van der Waals surface area contributed by atoms with Crippen molar-refractivity contribution in [3.05, 3.63) is 0 Å². The van der Waals surface area contributed by atoms with Crippen LogP contribution < -0.4 is 0 Å². The van der Waals surface area contributed by atoms with Crippen molar-refractivity contribution in [3.8, 4) is 0 Å². The van der Waals surface area contributed by atoms with Gasteiger partial charge in [0.25, 0.3) is 10.1 Å². The minimum Gasteiger partial charge on any atom is -0.295 e. The molecule has 0 unspecified atom stereocenters. The highest BCUT2D eigenvalue weighted by atomic mass is 32.2. The lowest BCUT2D eigenvalue weighted by Crippen LogP contribution is -2.61. The van der Waals surface area contributed by atoms with Crippen LogP contribution in [0.5, 0.6) is 0 Å². The Bertz CT molecular complexity index is 1120. The van der Waals surface area contributed by atoms with Crippen LogP contribution in [0.3, 0.4) is 0 Å². The third-order valence-corrected chi connectivity index (χ3v) is 17.6. The highest BCUT2D eigenvalue weighted by molar-refractivity contribution is 7.86. The maximum atomic E-state index is 12.8. The molecule has 4 saturated carbocycles. The molecule has 5 rings (SSSR count). The second-order valence-electron chi connectivity index (χ2n) is 20.1. The number of hydrogen-bond acceptors (Lipinski definition) is 4. The Labute approximate surface area is 318 Å². The van der Waals surface area contributed by atoms with Gasteiger partial charge in [0.2, 0.25) is 0 Å². The van der Waals surface area contributed by atoms with Crippen LogP contribution in [0.4, 0.5) is 0 Å². The standard InChI is InChI=1S/C46H85NO3S/c1-7-8-9-10-11-12-13-14-15-16-17-18-19-20-32-51(48,49)50-40-34-47(35-40)39-28-30-45(5)38(33-39)24-25-41-43-27-26-42(37(4)23-21-22-36(2)3)46(43,6)31-29-44(41)45/h36-44H,7-35H2,1-6H3/t37-,38+,39-,41+,42-,43+,44+,45+,46-/m1/s1. The fourth-order valence-electron chi connectivity index (χ4n) is 13.1. The average Bonchev–Trinajstić information content (AvgIpc) is 3.43. The van der Waals surface area contributed by atoms with Crippen molar-refractivity contribution >= 4 is 10.1 Å². The van der Waals surface area contributed by atoms with Gasteiger partial charge in [-0.3, -0.25) is 9.08 Å². The van der Waals surface area contributed by atoms with Gasteiger partial charge in [0, 0.05) is 19.1 Å². The van der Waals surface area contributed by atoms with Crippen molar-refractivity contribution in [2.24, 2.45) is 52.3 Å². The first kappa shape index (κ1) is 42.0. The molecule has 5 aliphatic rings. The van der Waals surface area contributed by atoms with Crippen LogP contribution in [0, 0.1) is 52.3 Å². The number of hydrogen-bond donors (Lipinski definition) is 0. The largest absolute Gasteiger partial charge is 0.295 e. The van der Waals surface area contributed by atoms with Gasteiger partial charge in [0.05, 0.1) is 5.75 Å². The highest BCUT2D eigenvalue weighted by Crippen LogP contribution is 2.68. The summed E-state index contributed by atoms with van der Waals surface area (Å²) in [7, 11) is -3.41. The Morgan fingerprint density at radius 1 is 0.667 bits per heavy atom. The molecular formula is C46H85NO3S. The third-order valence-electron chi connectivity index (χ3n) is 16.3. The Kier molecular flexibility index (Phi) is 16.2. The molecule has 9 atom stereocenters. The molecule has 0 radical (unpaired) electrons. The summed E-state index contributed by atoms with van der Waals surface area (Å²) >= 11 is 0. The van der Waals surface area contributed by atoms with Crippen molar-refractivity contribution in [3.63, 3.8) is 0 Å². The van der Waals surface area contributed by atoms with Gasteiger partial charge in [0.15, 0.2) is 0 Å². The lowest BCUT2D eigenvalue weighted by Gasteiger charge is -2.62. The molecule has 4 aliphatic carbocycles. The van der Waals surface area contributed by atoms with Crippen LogP contribution in [0.2, 0.25) is 0 Å². The number of unbranched alkanes of at least 4 members (excludes halogenated alkanes) is 13. The number of rotatable bonds is 23. The van der Waals surface area contributed by atoms with Gasteiger partial charge >= 0.3 is 0 Å². The lowest BCUT2D eigenvalue weighted by molar-refractivity contribution is -0.132. The summed E-state index contributed by atoms with van der Waals surface area (Å²) in [5.41, 5.74) is 1.09. The zero-order valence-electron chi connectivity index (χ0n) is 34.8. The van der Waals surface area contributed by atoms with Crippen molar-refractivity contribution in [2.75, 3.05) is 18.8 Å². The van der Waals surface area contributed by atoms with Crippen molar-refractivity contribution in [1.82, 2.24) is 4.90 Å². The Morgan fingerprint density at radius 3 is 1.88 bits per heavy atom. The highest BCUT2D eigenvalue weighted by Gasteiger charge is 2.61. The van der Waals surface area contributed by atoms with Gasteiger partial charge in [-0.15, -0.1) is 0 Å². The van der Waals surface area contributed by atoms with E-state index in [0.717, 1.165) is 73.8 Å².